The van der Waals surface area contributed by atoms with Gasteiger partial charge in [0.2, 0.25) is 0 Å². The van der Waals surface area contributed by atoms with Crippen LogP contribution < -0.4 is 14.8 Å². The first-order chi connectivity index (χ1) is 15.6. The highest BCUT2D eigenvalue weighted by atomic mass is 32.2. The van der Waals surface area contributed by atoms with Crippen molar-refractivity contribution >= 4 is 23.5 Å². The summed E-state index contributed by atoms with van der Waals surface area (Å²) in [6.45, 7) is 13.4. The molecule has 0 unspecified atom stereocenters. The van der Waals surface area contributed by atoms with Crippen LogP contribution in [0.1, 0.15) is 38.8 Å². The highest BCUT2D eigenvalue weighted by Gasteiger charge is 2.21. The molecule has 184 valence electrons. The quantitative estimate of drug-likeness (QED) is 0.311. The number of methoxy groups -OCH3 is 2. The monoisotopic (exact) mass is 490 g/mol. The molecule has 6 heteroatoms. The van der Waals surface area contributed by atoms with E-state index in [1.807, 2.05) is 47.8 Å². The van der Waals surface area contributed by atoms with Gasteiger partial charge in [0.05, 0.1) is 14.2 Å². The second-order valence-corrected chi connectivity index (χ2v) is 13.1. The Morgan fingerprint density at radius 2 is 1.21 bits per heavy atom. The largest absolute Gasteiger partial charge is 0.497 e. The van der Waals surface area contributed by atoms with E-state index in [1.54, 1.807) is 14.2 Å². The van der Waals surface area contributed by atoms with Gasteiger partial charge in [-0.15, -0.1) is 23.5 Å². The van der Waals surface area contributed by atoms with Crippen LogP contribution in [-0.4, -0.2) is 61.8 Å². The van der Waals surface area contributed by atoms with E-state index in [9.17, 15) is 0 Å². The minimum Gasteiger partial charge on any atom is -0.497 e. The highest BCUT2D eigenvalue weighted by molar-refractivity contribution is 8.00. The maximum Gasteiger partial charge on any atom is 0.118 e. The van der Waals surface area contributed by atoms with Crippen molar-refractivity contribution in [3.8, 4) is 11.5 Å². The number of rotatable bonds is 15. The van der Waals surface area contributed by atoms with E-state index >= 15 is 0 Å². The fourth-order valence-corrected chi connectivity index (χ4v) is 5.50. The van der Waals surface area contributed by atoms with Crippen molar-refractivity contribution < 1.29 is 9.47 Å². The molecule has 0 fully saturated rings. The van der Waals surface area contributed by atoms with Gasteiger partial charge in [0.1, 0.15) is 11.5 Å². The van der Waals surface area contributed by atoms with E-state index < -0.39 is 0 Å². The van der Waals surface area contributed by atoms with Gasteiger partial charge in [0.25, 0.3) is 0 Å². The Balaban J connectivity index is 1.64. The van der Waals surface area contributed by atoms with Crippen molar-refractivity contribution in [3.63, 3.8) is 0 Å². The summed E-state index contributed by atoms with van der Waals surface area (Å²) in [6, 6.07) is 16.8. The van der Waals surface area contributed by atoms with E-state index in [4.69, 9.17) is 9.47 Å². The Morgan fingerprint density at radius 1 is 0.758 bits per heavy atom. The molecular formula is C27H42N2O2S2. The van der Waals surface area contributed by atoms with Crippen LogP contribution in [0.5, 0.6) is 11.5 Å². The smallest absolute Gasteiger partial charge is 0.118 e. The summed E-state index contributed by atoms with van der Waals surface area (Å²) >= 11 is 4.00. The van der Waals surface area contributed by atoms with Gasteiger partial charge in [-0.05, 0) is 70.1 Å². The van der Waals surface area contributed by atoms with Gasteiger partial charge in [0, 0.05) is 47.2 Å². The number of thioether (sulfide) groups is 2. The number of nitrogens with zero attached hydrogens (tertiary/aromatic N) is 1. The predicted molar refractivity (Wildman–Crippen MR) is 147 cm³/mol. The van der Waals surface area contributed by atoms with E-state index in [0.717, 1.165) is 49.2 Å². The van der Waals surface area contributed by atoms with E-state index in [1.165, 1.54) is 11.1 Å². The lowest BCUT2D eigenvalue weighted by Gasteiger charge is -2.30. The average Bonchev–Trinajstić information content (AvgIpc) is 2.80. The van der Waals surface area contributed by atoms with Gasteiger partial charge < -0.3 is 19.7 Å². The van der Waals surface area contributed by atoms with E-state index in [2.05, 4.69) is 69.2 Å². The fourth-order valence-electron chi connectivity index (χ4n) is 3.49. The Hall–Kier alpha value is -1.34. The zero-order valence-corrected chi connectivity index (χ0v) is 23.1. The minimum atomic E-state index is 0.186. The summed E-state index contributed by atoms with van der Waals surface area (Å²) in [5.41, 5.74) is 2.68. The summed E-state index contributed by atoms with van der Waals surface area (Å²) in [4.78, 5) is 2.44. The van der Waals surface area contributed by atoms with Crippen molar-refractivity contribution in [3.05, 3.63) is 59.7 Å². The van der Waals surface area contributed by atoms with Crippen LogP contribution in [-0.2, 0) is 11.5 Å². The Labute approximate surface area is 210 Å². The standard InChI is InChI=1S/C27H42N2O2S2/c1-26(2,32-18-22-8-12-24(30-6)13-9-22)20-28-16-17-29(5)21-27(3,4)33-19-23-10-14-25(31-7)15-11-23/h8-15,28H,16-21H2,1-7H3. The molecule has 0 saturated carbocycles. The van der Waals surface area contributed by atoms with Gasteiger partial charge in [-0.3, -0.25) is 0 Å². The van der Waals surface area contributed by atoms with E-state index in [0.29, 0.717) is 0 Å². The lowest BCUT2D eigenvalue weighted by molar-refractivity contribution is 0.307. The molecule has 2 aromatic rings. The van der Waals surface area contributed by atoms with Gasteiger partial charge >= 0.3 is 0 Å². The molecule has 0 radical (unpaired) electrons. The number of ether oxygens (including phenoxy) is 2. The summed E-state index contributed by atoms with van der Waals surface area (Å²) < 4.78 is 10.9. The number of nitrogens with one attached hydrogen (secondary N) is 1. The molecule has 1 N–H and O–H groups in total. The third-order valence-electron chi connectivity index (χ3n) is 5.45. The van der Waals surface area contributed by atoms with Crippen LogP contribution >= 0.6 is 23.5 Å². The second-order valence-electron chi connectivity index (χ2n) is 9.71. The highest BCUT2D eigenvalue weighted by Crippen LogP contribution is 2.30. The number of benzene rings is 2. The molecule has 0 spiro atoms. The van der Waals surface area contributed by atoms with Gasteiger partial charge in [0.15, 0.2) is 0 Å². The van der Waals surface area contributed by atoms with Crippen LogP contribution in [0, 0.1) is 0 Å². The molecule has 0 bridgehead atoms. The Morgan fingerprint density at radius 3 is 1.67 bits per heavy atom. The SMILES string of the molecule is COc1ccc(CSC(C)(C)CNCCN(C)CC(C)(C)SCc2ccc(OC)cc2)cc1. The third kappa shape index (κ3) is 11.1. The first-order valence-electron chi connectivity index (χ1n) is 11.6. The molecule has 0 aliphatic carbocycles. The van der Waals surface area contributed by atoms with Crippen LogP contribution in [0.25, 0.3) is 0 Å². The molecule has 33 heavy (non-hydrogen) atoms. The summed E-state index contributed by atoms with van der Waals surface area (Å²) in [5.74, 6) is 3.86. The molecule has 4 nitrogen and oxygen atoms in total. The molecule has 0 saturated heterocycles. The molecule has 2 rings (SSSR count). The second kappa shape index (κ2) is 13.5. The third-order valence-corrected chi connectivity index (χ3v) is 8.24. The summed E-state index contributed by atoms with van der Waals surface area (Å²) in [6.07, 6.45) is 0. The van der Waals surface area contributed by atoms with Crippen molar-refractivity contribution in [1.29, 1.82) is 0 Å². The molecule has 2 aromatic carbocycles. The van der Waals surface area contributed by atoms with Crippen molar-refractivity contribution in [2.75, 3.05) is 47.4 Å². The molecule has 0 aromatic heterocycles. The predicted octanol–water partition coefficient (Wildman–Crippen LogP) is 5.95. The van der Waals surface area contributed by atoms with Crippen LogP contribution in [0.4, 0.5) is 0 Å². The maximum atomic E-state index is 5.25. The molecule has 0 aliphatic rings. The fraction of sp³-hybridized carbons (Fsp3) is 0.556. The lowest BCUT2D eigenvalue weighted by Crippen LogP contribution is -2.40. The van der Waals surface area contributed by atoms with Gasteiger partial charge in [-0.25, -0.2) is 0 Å². The Bertz CT molecular complexity index is 808. The molecule has 0 heterocycles. The number of likely N-dealkylation sites (N-methyl/N-ethyl adjacent to an activating group) is 1. The average molecular weight is 491 g/mol. The number of hydrogen-bond acceptors (Lipinski definition) is 6. The van der Waals surface area contributed by atoms with Crippen molar-refractivity contribution in [2.45, 2.75) is 48.7 Å². The first-order valence-corrected chi connectivity index (χ1v) is 13.5. The summed E-state index contributed by atoms with van der Waals surface area (Å²) in [5, 5.41) is 3.66. The zero-order chi connectivity index (χ0) is 24.3. The van der Waals surface area contributed by atoms with Gasteiger partial charge in [-0.1, -0.05) is 24.3 Å². The summed E-state index contributed by atoms with van der Waals surface area (Å²) in [7, 11) is 5.64. The van der Waals surface area contributed by atoms with Gasteiger partial charge in [-0.2, -0.15) is 0 Å². The normalized spacial score (nSPS) is 12.2. The lowest BCUT2D eigenvalue weighted by atomic mass is 10.2. The molecular weight excluding hydrogens is 448 g/mol. The van der Waals surface area contributed by atoms with Crippen LogP contribution in [0.3, 0.4) is 0 Å². The van der Waals surface area contributed by atoms with Crippen LogP contribution in [0.15, 0.2) is 48.5 Å². The van der Waals surface area contributed by atoms with Crippen LogP contribution in [0.2, 0.25) is 0 Å². The maximum absolute atomic E-state index is 5.25. The number of hydrogen-bond donors (Lipinski definition) is 1. The molecule has 0 atom stereocenters. The molecule has 0 amide bonds. The topological polar surface area (TPSA) is 33.7 Å². The molecule has 0 aliphatic heterocycles. The Kier molecular flexibility index (Phi) is 11.4. The van der Waals surface area contributed by atoms with E-state index in [-0.39, 0.29) is 9.49 Å². The zero-order valence-electron chi connectivity index (χ0n) is 21.4. The van der Waals surface area contributed by atoms with Crippen molar-refractivity contribution in [2.24, 2.45) is 0 Å². The first kappa shape index (κ1) is 27.9. The minimum absolute atomic E-state index is 0.186. The van der Waals surface area contributed by atoms with Crippen molar-refractivity contribution in [1.82, 2.24) is 10.2 Å².